The fraction of sp³-hybridized carbons (Fsp3) is 0.500. The molecule has 0 saturated heterocycles. The van der Waals surface area contributed by atoms with Crippen molar-refractivity contribution in [2.45, 2.75) is 25.9 Å². The van der Waals surface area contributed by atoms with Crippen molar-refractivity contribution in [2.75, 3.05) is 14.2 Å². The van der Waals surface area contributed by atoms with Gasteiger partial charge < -0.3 is 14.6 Å². The molecule has 1 rings (SSSR count). The highest BCUT2D eigenvalue weighted by Crippen LogP contribution is 2.40. The molecule has 0 aliphatic rings. The lowest BCUT2D eigenvalue weighted by atomic mass is 9.95. The van der Waals surface area contributed by atoms with Crippen LogP contribution in [0.15, 0.2) is 12.1 Å². The summed E-state index contributed by atoms with van der Waals surface area (Å²) in [7, 11) is 2.66. The Morgan fingerprint density at radius 2 is 1.76 bits per heavy atom. The molecule has 96 valence electrons. The molecule has 0 atom stereocenters. The minimum atomic E-state index is -2.69. The molecule has 0 spiro atoms. The van der Waals surface area contributed by atoms with E-state index in [4.69, 9.17) is 9.47 Å². The van der Waals surface area contributed by atoms with Gasteiger partial charge in [0.25, 0.3) is 6.43 Å². The molecule has 5 heteroatoms. The van der Waals surface area contributed by atoms with Crippen molar-refractivity contribution < 1.29 is 23.4 Å². The number of benzene rings is 1. The van der Waals surface area contributed by atoms with Crippen LogP contribution in [0.1, 0.15) is 31.4 Å². The van der Waals surface area contributed by atoms with Crippen LogP contribution in [0.2, 0.25) is 0 Å². The first-order valence-corrected chi connectivity index (χ1v) is 5.08. The number of ether oxygens (including phenoxy) is 2. The summed E-state index contributed by atoms with van der Waals surface area (Å²) in [6, 6.07) is 2.72. The second kappa shape index (κ2) is 4.87. The van der Waals surface area contributed by atoms with Crippen molar-refractivity contribution in [1.29, 1.82) is 0 Å². The van der Waals surface area contributed by atoms with Crippen LogP contribution in [0.5, 0.6) is 11.5 Å². The number of aliphatic hydroxyl groups is 1. The molecule has 1 aromatic rings. The Labute approximate surface area is 99.0 Å². The van der Waals surface area contributed by atoms with Crippen LogP contribution in [0.25, 0.3) is 0 Å². The van der Waals surface area contributed by atoms with Crippen LogP contribution in [-0.2, 0) is 5.60 Å². The molecule has 0 aromatic heterocycles. The Morgan fingerprint density at radius 3 is 2.12 bits per heavy atom. The Hall–Kier alpha value is -1.36. The van der Waals surface area contributed by atoms with E-state index in [0.29, 0.717) is 5.56 Å². The minimum Gasteiger partial charge on any atom is -0.493 e. The molecule has 3 nitrogen and oxygen atoms in total. The standard InChI is InChI=1S/C12H16F2O3/c1-12(2,15)7-5-8(11(13)14)10(17-4)9(6-7)16-3/h5-6,11,15H,1-4H3. The van der Waals surface area contributed by atoms with Crippen molar-refractivity contribution in [2.24, 2.45) is 0 Å². The van der Waals surface area contributed by atoms with Crippen molar-refractivity contribution in [1.82, 2.24) is 0 Å². The van der Waals surface area contributed by atoms with Gasteiger partial charge in [-0.25, -0.2) is 8.78 Å². The summed E-state index contributed by atoms with van der Waals surface area (Å²) in [5.74, 6) is 0.179. The number of alkyl halides is 2. The first kappa shape index (κ1) is 13.7. The Bertz CT molecular complexity index is 397. The fourth-order valence-electron chi connectivity index (χ4n) is 1.51. The molecule has 17 heavy (non-hydrogen) atoms. The number of rotatable bonds is 4. The normalized spacial score (nSPS) is 11.8. The van der Waals surface area contributed by atoms with Gasteiger partial charge in [-0.2, -0.15) is 0 Å². The highest BCUT2D eigenvalue weighted by Gasteiger charge is 2.25. The lowest BCUT2D eigenvalue weighted by Gasteiger charge is -2.21. The third kappa shape index (κ3) is 2.85. The van der Waals surface area contributed by atoms with Crippen LogP contribution in [0.4, 0.5) is 8.78 Å². The van der Waals surface area contributed by atoms with Gasteiger partial charge in [0.05, 0.1) is 25.4 Å². The van der Waals surface area contributed by atoms with Crippen LogP contribution in [0.3, 0.4) is 0 Å². The predicted molar refractivity (Wildman–Crippen MR) is 59.7 cm³/mol. The molecule has 0 radical (unpaired) electrons. The van der Waals surface area contributed by atoms with Crippen molar-refractivity contribution >= 4 is 0 Å². The molecule has 0 amide bonds. The lowest BCUT2D eigenvalue weighted by Crippen LogP contribution is -2.16. The average molecular weight is 246 g/mol. The van der Waals surface area contributed by atoms with Crippen LogP contribution in [0, 0.1) is 0 Å². The zero-order valence-corrected chi connectivity index (χ0v) is 10.3. The van der Waals surface area contributed by atoms with E-state index < -0.39 is 12.0 Å². The summed E-state index contributed by atoms with van der Waals surface area (Å²) in [4.78, 5) is 0. The molecule has 0 heterocycles. The van der Waals surface area contributed by atoms with E-state index in [-0.39, 0.29) is 17.1 Å². The van der Waals surface area contributed by atoms with Gasteiger partial charge in [-0.3, -0.25) is 0 Å². The van der Waals surface area contributed by atoms with Gasteiger partial charge in [-0.1, -0.05) is 0 Å². The van der Waals surface area contributed by atoms with Gasteiger partial charge in [0, 0.05) is 0 Å². The van der Waals surface area contributed by atoms with E-state index >= 15 is 0 Å². The fourth-order valence-corrected chi connectivity index (χ4v) is 1.51. The highest BCUT2D eigenvalue weighted by atomic mass is 19.3. The van der Waals surface area contributed by atoms with E-state index in [0.717, 1.165) is 0 Å². The Balaban J connectivity index is 3.46. The van der Waals surface area contributed by atoms with Gasteiger partial charge >= 0.3 is 0 Å². The SMILES string of the molecule is COc1cc(C(C)(C)O)cc(C(F)F)c1OC. The molecule has 0 aliphatic heterocycles. The molecule has 0 unspecified atom stereocenters. The highest BCUT2D eigenvalue weighted by molar-refractivity contribution is 5.51. The maximum atomic E-state index is 12.9. The van der Waals surface area contributed by atoms with Crippen LogP contribution in [-0.4, -0.2) is 19.3 Å². The van der Waals surface area contributed by atoms with Gasteiger partial charge in [0.1, 0.15) is 0 Å². The van der Waals surface area contributed by atoms with E-state index in [9.17, 15) is 13.9 Å². The first-order valence-electron chi connectivity index (χ1n) is 5.08. The zero-order chi connectivity index (χ0) is 13.2. The third-order valence-corrected chi connectivity index (χ3v) is 2.45. The summed E-state index contributed by atoms with van der Waals surface area (Å²) in [6.45, 7) is 3.03. The summed E-state index contributed by atoms with van der Waals surface area (Å²) in [5, 5.41) is 9.84. The second-order valence-corrected chi connectivity index (χ2v) is 4.16. The van der Waals surface area contributed by atoms with Gasteiger partial charge in [-0.05, 0) is 31.5 Å². The van der Waals surface area contributed by atoms with E-state index in [1.807, 2.05) is 0 Å². The van der Waals surface area contributed by atoms with Crippen LogP contribution < -0.4 is 9.47 Å². The largest absolute Gasteiger partial charge is 0.493 e. The summed E-state index contributed by atoms with van der Waals surface area (Å²) < 4.78 is 35.7. The first-order chi connectivity index (χ1) is 7.81. The molecule has 0 saturated carbocycles. The number of methoxy groups -OCH3 is 2. The van der Waals surface area contributed by atoms with E-state index in [2.05, 4.69) is 0 Å². The minimum absolute atomic E-state index is 0.00417. The summed E-state index contributed by atoms with van der Waals surface area (Å²) in [6.07, 6.45) is -2.69. The van der Waals surface area contributed by atoms with Crippen molar-refractivity contribution in [3.63, 3.8) is 0 Å². The smallest absolute Gasteiger partial charge is 0.267 e. The molecular formula is C12H16F2O3. The van der Waals surface area contributed by atoms with Crippen LogP contribution >= 0.6 is 0 Å². The number of hydrogen-bond acceptors (Lipinski definition) is 3. The second-order valence-electron chi connectivity index (χ2n) is 4.16. The van der Waals surface area contributed by atoms with Gasteiger partial charge in [-0.15, -0.1) is 0 Å². The number of hydrogen-bond donors (Lipinski definition) is 1. The van der Waals surface area contributed by atoms with Gasteiger partial charge in [0.15, 0.2) is 11.5 Å². The average Bonchev–Trinajstić information content (AvgIpc) is 2.25. The molecule has 1 N–H and O–H groups in total. The Kier molecular flexibility index (Phi) is 3.93. The molecule has 0 aliphatic carbocycles. The van der Waals surface area contributed by atoms with Crippen molar-refractivity contribution in [3.05, 3.63) is 23.3 Å². The van der Waals surface area contributed by atoms with Gasteiger partial charge in [0.2, 0.25) is 0 Å². The summed E-state index contributed by atoms with van der Waals surface area (Å²) in [5.41, 5.74) is -1.15. The van der Waals surface area contributed by atoms with Crippen molar-refractivity contribution in [3.8, 4) is 11.5 Å². The molecule has 0 bridgehead atoms. The Morgan fingerprint density at radius 1 is 1.18 bits per heavy atom. The monoisotopic (exact) mass is 246 g/mol. The molecular weight excluding hydrogens is 230 g/mol. The topological polar surface area (TPSA) is 38.7 Å². The third-order valence-electron chi connectivity index (χ3n) is 2.45. The summed E-state index contributed by atoms with van der Waals surface area (Å²) >= 11 is 0. The molecule has 0 fully saturated rings. The predicted octanol–water partition coefficient (Wildman–Crippen LogP) is 2.87. The molecule has 1 aromatic carbocycles. The quantitative estimate of drug-likeness (QED) is 0.887. The maximum absolute atomic E-state index is 12.9. The zero-order valence-electron chi connectivity index (χ0n) is 10.3. The maximum Gasteiger partial charge on any atom is 0.267 e. The van der Waals surface area contributed by atoms with E-state index in [1.54, 1.807) is 0 Å². The lowest BCUT2D eigenvalue weighted by molar-refractivity contribution is 0.0774. The number of halogens is 2. The van der Waals surface area contributed by atoms with E-state index in [1.165, 1.54) is 40.2 Å².